The zero-order valence-corrected chi connectivity index (χ0v) is 18.7. The molecule has 3 heterocycles. The van der Waals surface area contributed by atoms with E-state index in [0.29, 0.717) is 29.7 Å². The van der Waals surface area contributed by atoms with Crippen molar-refractivity contribution in [1.29, 1.82) is 0 Å². The number of non-ortho nitro benzene ring substituents is 1. The molecule has 0 aliphatic carbocycles. The molecule has 2 aromatic heterocycles. The van der Waals surface area contributed by atoms with Gasteiger partial charge in [0.2, 0.25) is 0 Å². The molecule has 0 radical (unpaired) electrons. The Kier molecular flexibility index (Phi) is 5.88. The molecule has 0 bridgehead atoms. The molecule has 1 atom stereocenters. The highest BCUT2D eigenvalue weighted by Gasteiger charge is 2.40. The first-order chi connectivity index (χ1) is 14.8. The molecule has 1 amide bonds. The summed E-state index contributed by atoms with van der Waals surface area (Å²) in [4.78, 5) is 28.3. The summed E-state index contributed by atoms with van der Waals surface area (Å²) in [5, 5.41) is 12.8. The number of rotatable bonds is 6. The number of hydrogen-bond acceptors (Lipinski definition) is 7. The van der Waals surface area contributed by atoms with Crippen molar-refractivity contribution in [1.82, 2.24) is 8.87 Å². The number of benzene rings is 1. The average molecular weight is 479 g/mol. The largest absolute Gasteiger partial charge is 0.312 e. The molecule has 3 aromatic rings. The number of nitro benzene ring substituents is 1. The number of thiazole rings is 1. The third kappa shape index (κ3) is 3.99. The standard InChI is InChI=1S/C19H18N4O5S3/c1-2-9-21-15-12-13(23(25)26)7-8-16(15)30-19(21)20-18(24)14-5-3-10-22(14)31(27,28)17-6-4-11-29-17/h2,4,6-8,11-12,14H,1,3,5,9-10H2. The molecule has 1 fully saturated rings. The Balaban J connectivity index is 1.75. The van der Waals surface area contributed by atoms with Gasteiger partial charge in [0.15, 0.2) is 4.80 Å². The lowest BCUT2D eigenvalue weighted by molar-refractivity contribution is -0.384. The van der Waals surface area contributed by atoms with Crippen LogP contribution in [0.3, 0.4) is 0 Å². The Morgan fingerprint density at radius 3 is 2.87 bits per heavy atom. The van der Waals surface area contributed by atoms with Crippen LogP contribution in [-0.4, -0.2) is 40.7 Å². The Hall–Kier alpha value is -2.67. The summed E-state index contributed by atoms with van der Waals surface area (Å²) in [6.45, 7) is 4.27. The van der Waals surface area contributed by atoms with Crippen LogP contribution in [0.2, 0.25) is 0 Å². The number of allylic oxidation sites excluding steroid dienone is 1. The second kappa shape index (κ2) is 8.46. The van der Waals surface area contributed by atoms with Crippen molar-refractivity contribution in [2.45, 2.75) is 29.6 Å². The quantitative estimate of drug-likeness (QED) is 0.307. The van der Waals surface area contributed by atoms with Crippen molar-refractivity contribution < 1.29 is 18.1 Å². The number of thiophene rings is 1. The van der Waals surface area contributed by atoms with Crippen molar-refractivity contribution >= 4 is 54.5 Å². The van der Waals surface area contributed by atoms with Gasteiger partial charge < -0.3 is 4.57 Å². The third-order valence-electron chi connectivity index (χ3n) is 4.94. The van der Waals surface area contributed by atoms with E-state index in [0.717, 1.165) is 16.0 Å². The van der Waals surface area contributed by atoms with Crippen molar-refractivity contribution in [3.05, 3.63) is 63.3 Å². The SMILES string of the molecule is C=CCn1c(=NC(=O)C2CCCN2S(=O)(=O)c2cccs2)sc2ccc([N+](=O)[O-])cc21. The molecule has 0 N–H and O–H groups in total. The van der Waals surface area contributed by atoms with Crippen LogP contribution in [-0.2, 0) is 21.4 Å². The lowest BCUT2D eigenvalue weighted by Crippen LogP contribution is -2.40. The zero-order valence-electron chi connectivity index (χ0n) is 16.2. The van der Waals surface area contributed by atoms with Crippen molar-refractivity contribution in [3.63, 3.8) is 0 Å². The number of carbonyl (C=O) groups is 1. The van der Waals surface area contributed by atoms with E-state index in [1.807, 2.05) is 0 Å². The van der Waals surface area contributed by atoms with Gasteiger partial charge in [-0.05, 0) is 30.4 Å². The normalized spacial score (nSPS) is 17.9. The molecule has 0 spiro atoms. The first-order valence-electron chi connectivity index (χ1n) is 9.35. The number of sulfonamides is 1. The monoisotopic (exact) mass is 478 g/mol. The summed E-state index contributed by atoms with van der Waals surface area (Å²) in [5.74, 6) is -0.545. The minimum Gasteiger partial charge on any atom is -0.312 e. The summed E-state index contributed by atoms with van der Waals surface area (Å²) in [7, 11) is -3.77. The fourth-order valence-electron chi connectivity index (χ4n) is 3.53. The van der Waals surface area contributed by atoms with Gasteiger partial charge in [0.1, 0.15) is 10.3 Å². The summed E-state index contributed by atoms with van der Waals surface area (Å²) < 4.78 is 29.7. The van der Waals surface area contributed by atoms with Crippen LogP contribution in [0.25, 0.3) is 10.2 Å². The van der Waals surface area contributed by atoms with E-state index in [4.69, 9.17) is 0 Å². The van der Waals surface area contributed by atoms with Crippen LogP contribution in [0.15, 0.2) is 57.6 Å². The maximum atomic E-state index is 13.0. The fourth-order valence-corrected chi connectivity index (χ4v) is 7.33. The number of aromatic nitrogens is 1. The highest BCUT2D eigenvalue weighted by molar-refractivity contribution is 7.91. The topological polar surface area (TPSA) is 115 Å². The molecular weight excluding hydrogens is 460 g/mol. The molecule has 12 heteroatoms. The molecule has 31 heavy (non-hydrogen) atoms. The molecule has 4 rings (SSSR count). The van der Waals surface area contributed by atoms with E-state index in [9.17, 15) is 23.3 Å². The Bertz CT molecular complexity index is 1340. The lowest BCUT2D eigenvalue weighted by atomic mass is 10.2. The highest BCUT2D eigenvalue weighted by Crippen LogP contribution is 2.29. The first kappa shape index (κ1) is 21.6. The molecule has 1 aliphatic rings. The van der Waals surface area contributed by atoms with E-state index in [2.05, 4.69) is 11.6 Å². The van der Waals surface area contributed by atoms with E-state index < -0.39 is 26.9 Å². The van der Waals surface area contributed by atoms with Crippen LogP contribution >= 0.6 is 22.7 Å². The summed E-state index contributed by atoms with van der Waals surface area (Å²) in [6.07, 6.45) is 2.57. The van der Waals surface area contributed by atoms with Crippen LogP contribution in [0.4, 0.5) is 5.69 Å². The molecule has 1 aromatic carbocycles. The van der Waals surface area contributed by atoms with Gasteiger partial charge in [-0.25, -0.2) is 8.42 Å². The van der Waals surface area contributed by atoms with Gasteiger partial charge in [-0.1, -0.05) is 23.5 Å². The number of hydrogen-bond donors (Lipinski definition) is 0. The molecule has 1 aliphatic heterocycles. The zero-order chi connectivity index (χ0) is 22.2. The van der Waals surface area contributed by atoms with Crippen LogP contribution in [0.5, 0.6) is 0 Å². The van der Waals surface area contributed by atoms with Crippen LogP contribution in [0.1, 0.15) is 12.8 Å². The molecule has 1 unspecified atom stereocenters. The first-order valence-corrected chi connectivity index (χ1v) is 12.5. The van der Waals surface area contributed by atoms with E-state index in [-0.39, 0.29) is 16.4 Å². The predicted molar refractivity (Wildman–Crippen MR) is 118 cm³/mol. The van der Waals surface area contributed by atoms with Crippen molar-refractivity contribution in [2.24, 2.45) is 4.99 Å². The third-order valence-corrected chi connectivity index (χ3v) is 9.28. The lowest BCUT2D eigenvalue weighted by Gasteiger charge is -2.20. The van der Waals surface area contributed by atoms with E-state index in [1.165, 1.54) is 33.8 Å². The Morgan fingerprint density at radius 2 is 2.19 bits per heavy atom. The number of carbonyl (C=O) groups excluding carboxylic acids is 1. The fraction of sp³-hybridized carbons (Fsp3) is 0.263. The maximum absolute atomic E-state index is 13.0. The molecule has 1 saturated heterocycles. The molecular formula is C19H18N4O5S3. The average Bonchev–Trinajstić information content (AvgIpc) is 3.48. The van der Waals surface area contributed by atoms with Gasteiger partial charge in [0, 0.05) is 25.2 Å². The van der Waals surface area contributed by atoms with Gasteiger partial charge in [-0.2, -0.15) is 9.30 Å². The minimum atomic E-state index is -3.77. The van der Waals surface area contributed by atoms with Crippen LogP contribution in [0, 0.1) is 10.1 Å². The highest BCUT2D eigenvalue weighted by atomic mass is 32.2. The molecule has 162 valence electrons. The maximum Gasteiger partial charge on any atom is 0.271 e. The van der Waals surface area contributed by atoms with E-state index in [1.54, 1.807) is 28.2 Å². The van der Waals surface area contributed by atoms with Gasteiger partial charge in [0.25, 0.3) is 21.6 Å². The van der Waals surface area contributed by atoms with E-state index >= 15 is 0 Å². The number of nitrogens with zero attached hydrogens (tertiary/aromatic N) is 4. The summed E-state index contributed by atoms with van der Waals surface area (Å²) in [6, 6.07) is 6.75. The van der Waals surface area contributed by atoms with Gasteiger partial charge in [0.05, 0.1) is 15.1 Å². The minimum absolute atomic E-state index is 0.0648. The second-order valence-electron chi connectivity index (χ2n) is 6.85. The second-order valence-corrected chi connectivity index (χ2v) is 10.9. The van der Waals surface area contributed by atoms with Crippen LogP contribution < -0.4 is 4.80 Å². The Morgan fingerprint density at radius 1 is 1.39 bits per heavy atom. The Labute approximate surface area is 185 Å². The number of fused-ring (bicyclic) bond motifs is 1. The van der Waals surface area contributed by atoms with Gasteiger partial charge >= 0.3 is 0 Å². The molecule has 0 saturated carbocycles. The summed E-state index contributed by atoms with van der Waals surface area (Å²) in [5.41, 5.74) is 0.505. The van der Waals surface area contributed by atoms with Crippen molar-refractivity contribution in [3.8, 4) is 0 Å². The predicted octanol–water partition coefficient (Wildman–Crippen LogP) is 3.14. The number of amides is 1. The summed E-state index contributed by atoms with van der Waals surface area (Å²) >= 11 is 2.33. The molecule has 9 nitrogen and oxygen atoms in total. The smallest absolute Gasteiger partial charge is 0.271 e. The number of nitro groups is 1. The van der Waals surface area contributed by atoms with Gasteiger partial charge in [-0.15, -0.1) is 17.9 Å². The van der Waals surface area contributed by atoms with Gasteiger partial charge in [-0.3, -0.25) is 14.9 Å². The van der Waals surface area contributed by atoms with Crippen molar-refractivity contribution in [2.75, 3.05) is 6.54 Å².